The summed E-state index contributed by atoms with van der Waals surface area (Å²) in [5, 5.41) is 10.3. The van der Waals surface area contributed by atoms with Crippen LogP contribution in [0.1, 0.15) is 29.3 Å². The topological polar surface area (TPSA) is 55.8 Å². The molecule has 1 unspecified atom stereocenters. The number of hydrogen-bond acceptors (Lipinski definition) is 4. The van der Waals surface area contributed by atoms with Crippen LogP contribution in [0.2, 0.25) is 0 Å². The van der Waals surface area contributed by atoms with Crippen molar-refractivity contribution in [2.75, 3.05) is 19.8 Å². The molecular formula is C13H15FO4. The third kappa shape index (κ3) is 2.37. The maximum atomic E-state index is 13.5. The molecule has 1 heterocycles. The molecule has 1 aliphatic heterocycles. The Bertz CT molecular complexity index is 452. The number of carbonyl (C=O) groups is 1. The Morgan fingerprint density at radius 1 is 1.61 bits per heavy atom. The van der Waals surface area contributed by atoms with Gasteiger partial charge in [0.05, 0.1) is 18.8 Å². The second kappa shape index (κ2) is 5.04. The van der Waals surface area contributed by atoms with E-state index in [-0.39, 0.29) is 18.8 Å². The fraction of sp³-hybridized carbons (Fsp3) is 0.462. The van der Waals surface area contributed by atoms with Crippen molar-refractivity contribution in [3.05, 3.63) is 35.1 Å². The number of benzene rings is 1. The van der Waals surface area contributed by atoms with Crippen molar-refractivity contribution in [2.24, 2.45) is 0 Å². The van der Waals surface area contributed by atoms with Crippen LogP contribution in [0, 0.1) is 5.82 Å². The Morgan fingerprint density at radius 2 is 2.39 bits per heavy atom. The van der Waals surface area contributed by atoms with Crippen LogP contribution in [0.3, 0.4) is 0 Å². The van der Waals surface area contributed by atoms with Gasteiger partial charge >= 0.3 is 5.97 Å². The van der Waals surface area contributed by atoms with E-state index in [0.717, 1.165) is 6.07 Å². The van der Waals surface area contributed by atoms with E-state index in [1.165, 1.54) is 12.1 Å². The van der Waals surface area contributed by atoms with Crippen LogP contribution >= 0.6 is 0 Å². The lowest BCUT2D eigenvalue weighted by molar-refractivity contribution is 0.0230. The molecule has 0 amide bonds. The largest absolute Gasteiger partial charge is 0.462 e. The first-order valence-corrected chi connectivity index (χ1v) is 5.84. The molecule has 0 aliphatic carbocycles. The summed E-state index contributed by atoms with van der Waals surface area (Å²) in [6.07, 6.45) is 0.431. The number of rotatable bonds is 3. The molecule has 0 saturated carbocycles. The van der Waals surface area contributed by atoms with Crippen molar-refractivity contribution in [2.45, 2.75) is 18.9 Å². The van der Waals surface area contributed by atoms with Crippen molar-refractivity contribution in [1.82, 2.24) is 0 Å². The molecule has 0 spiro atoms. The first kappa shape index (κ1) is 13.0. The number of halogens is 1. The van der Waals surface area contributed by atoms with E-state index in [9.17, 15) is 14.3 Å². The molecule has 1 aromatic carbocycles. The highest BCUT2D eigenvalue weighted by Gasteiger charge is 2.35. The van der Waals surface area contributed by atoms with E-state index < -0.39 is 17.4 Å². The van der Waals surface area contributed by atoms with Crippen LogP contribution in [0.15, 0.2) is 18.2 Å². The zero-order valence-corrected chi connectivity index (χ0v) is 10.1. The highest BCUT2D eigenvalue weighted by Crippen LogP contribution is 2.31. The van der Waals surface area contributed by atoms with Crippen molar-refractivity contribution < 1.29 is 23.8 Å². The van der Waals surface area contributed by atoms with Gasteiger partial charge in [-0.1, -0.05) is 6.07 Å². The lowest BCUT2D eigenvalue weighted by Crippen LogP contribution is -2.26. The molecule has 0 aromatic heterocycles. The fourth-order valence-corrected chi connectivity index (χ4v) is 1.96. The van der Waals surface area contributed by atoms with Gasteiger partial charge in [0.15, 0.2) is 0 Å². The van der Waals surface area contributed by atoms with Crippen molar-refractivity contribution in [3.63, 3.8) is 0 Å². The summed E-state index contributed by atoms with van der Waals surface area (Å²) < 4.78 is 23.4. The summed E-state index contributed by atoms with van der Waals surface area (Å²) in [6, 6.07) is 3.96. The van der Waals surface area contributed by atoms with Crippen molar-refractivity contribution in [1.29, 1.82) is 0 Å². The van der Waals surface area contributed by atoms with E-state index in [4.69, 9.17) is 9.47 Å². The van der Waals surface area contributed by atoms with Crippen LogP contribution in [0.25, 0.3) is 0 Å². The number of esters is 1. The van der Waals surface area contributed by atoms with Gasteiger partial charge in [0.2, 0.25) is 0 Å². The van der Waals surface area contributed by atoms with Gasteiger partial charge in [0, 0.05) is 13.0 Å². The number of aliphatic hydroxyl groups is 1. The number of ether oxygens (including phenoxy) is 2. The van der Waals surface area contributed by atoms with Crippen LogP contribution in [0.5, 0.6) is 0 Å². The Morgan fingerprint density at radius 3 is 3.00 bits per heavy atom. The molecule has 98 valence electrons. The minimum Gasteiger partial charge on any atom is -0.462 e. The lowest BCUT2D eigenvalue weighted by atomic mass is 9.92. The van der Waals surface area contributed by atoms with Gasteiger partial charge in [-0.05, 0) is 24.6 Å². The highest BCUT2D eigenvalue weighted by atomic mass is 19.1. The minimum atomic E-state index is -1.14. The quantitative estimate of drug-likeness (QED) is 0.833. The molecule has 0 bridgehead atoms. The van der Waals surface area contributed by atoms with Crippen molar-refractivity contribution in [3.8, 4) is 0 Å². The van der Waals surface area contributed by atoms with Gasteiger partial charge in [-0.25, -0.2) is 9.18 Å². The molecule has 1 aliphatic rings. The third-order valence-electron chi connectivity index (χ3n) is 3.00. The minimum absolute atomic E-state index is 0.154. The molecular weight excluding hydrogens is 239 g/mol. The lowest BCUT2D eigenvalue weighted by Gasteiger charge is -2.21. The smallest absolute Gasteiger partial charge is 0.341 e. The summed E-state index contributed by atoms with van der Waals surface area (Å²) in [5.41, 5.74) is -0.825. The Balaban J connectivity index is 2.34. The summed E-state index contributed by atoms with van der Waals surface area (Å²) in [5.74, 6) is -1.38. The van der Waals surface area contributed by atoms with Gasteiger partial charge in [-0.2, -0.15) is 0 Å². The van der Waals surface area contributed by atoms with Crippen LogP contribution in [0.4, 0.5) is 4.39 Å². The SMILES string of the molecule is CCOC(=O)c1cc(C2(O)CCOC2)ccc1F. The molecule has 2 rings (SSSR count). The molecule has 4 nitrogen and oxygen atoms in total. The van der Waals surface area contributed by atoms with E-state index in [1.54, 1.807) is 6.92 Å². The number of carbonyl (C=O) groups excluding carboxylic acids is 1. The monoisotopic (exact) mass is 254 g/mol. The zero-order chi connectivity index (χ0) is 13.2. The summed E-state index contributed by atoms with van der Waals surface area (Å²) in [6.45, 7) is 2.43. The molecule has 1 N–H and O–H groups in total. The van der Waals surface area contributed by atoms with Crippen LogP contribution in [-0.4, -0.2) is 30.9 Å². The average molecular weight is 254 g/mol. The molecule has 1 fully saturated rings. The molecule has 18 heavy (non-hydrogen) atoms. The predicted octanol–water partition coefficient (Wildman–Crippen LogP) is 1.61. The van der Waals surface area contributed by atoms with Crippen molar-refractivity contribution >= 4 is 5.97 Å². The Kier molecular flexibility index (Phi) is 3.63. The van der Waals surface area contributed by atoms with Gasteiger partial charge in [-0.15, -0.1) is 0 Å². The standard InChI is InChI=1S/C13H15FO4/c1-2-18-12(15)10-7-9(3-4-11(10)14)13(16)5-6-17-8-13/h3-4,7,16H,2,5-6,8H2,1H3. The van der Waals surface area contributed by atoms with Gasteiger partial charge in [0.1, 0.15) is 11.4 Å². The number of hydrogen-bond donors (Lipinski definition) is 1. The Labute approximate surface area is 104 Å². The summed E-state index contributed by atoms with van der Waals surface area (Å²) in [4.78, 5) is 11.6. The second-order valence-corrected chi connectivity index (χ2v) is 4.25. The molecule has 1 atom stereocenters. The molecule has 1 aromatic rings. The molecule has 5 heteroatoms. The second-order valence-electron chi connectivity index (χ2n) is 4.25. The first-order valence-electron chi connectivity index (χ1n) is 5.84. The maximum Gasteiger partial charge on any atom is 0.341 e. The van der Waals surface area contributed by atoms with E-state index in [1.807, 2.05) is 0 Å². The fourth-order valence-electron chi connectivity index (χ4n) is 1.96. The zero-order valence-electron chi connectivity index (χ0n) is 10.1. The van der Waals surface area contributed by atoms with Crippen LogP contribution in [-0.2, 0) is 15.1 Å². The van der Waals surface area contributed by atoms with E-state index >= 15 is 0 Å². The average Bonchev–Trinajstić information content (AvgIpc) is 2.78. The molecule has 0 radical (unpaired) electrons. The predicted molar refractivity (Wildman–Crippen MR) is 61.7 cm³/mol. The van der Waals surface area contributed by atoms with Gasteiger partial charge < -0.3 is 14.6 Å². The summed E-state index contributed by atoms with van der Waals surface area (Å²) in [7, 11) is 0. The summed E-state index contributed by atoms with van der Waals surface area (Å²) >= 11 is 0. The normalized spacial score (nSPS) is 23.1. The van der Waals surface area contributed by atoms with Crippen LogP contribution < -0.4 is 0 Å². The van der Waals surface area contributed by atoms with E-state index in [0.29, 0.717) is 18.6 Å². The molecule has 1 saturated heterocycles. The Hall–Kier alpha value is -1.46. The van der Waals surface area contributed by atoms with Gasteiger partial charge in [0.25, 0.3) is 0 Å². The first-order chi connectivity index (χ1) is 8.57. The van der Waals surface area contributed by atoms with Gasteiger partial charge in [-0.3, -0.25) is 0 Å². The van der Waals surface area contributed by atoms with E-state index in [2.05, 4.69) is 0 Å². The third-order valence-corrected chi connectivity index (χ3v) is 3.00. The maximum absolute atomic E-state index is 13.5. The highest BCUT2D eigenvalue weighted by molar-refractivity contribution is 5.90.